The molecular formula is C16H24ClN. The van der Waals surface area contributed by atoms with Crippen molar-refractivity contribution in [3.05, 3.63) is 34.9 Å². The molecule has 100 valence electrons. The topological polar surface area (TPSA) is 12.0 Å². The van der Waals surface area contributed by atoms with Crippen LogP contribution in [0.4, 0.5) is 0 Å². The smallest absolute Gasteiger partial charge is 0.0438 e. The van der Waals surface area contributed by atoms with Gasteiger partial charge in [0, 0.05) is 10.6 Å². The van der Waals surface area contributed by atoms with Crippen molar-refractivity contribution >= 4 is 11.6 Å². The van der Waals surface area contributed by atoms with Crippen LogP contribution in [0.3, 0.4) is 0 Å². The lowest BCUT2D eigenvalue weighted by Gasteiger charge is -2.40. The highest BCUT2D eigenvalue weighted by Crippen LogP contribution is 2.32. The summed E-state index contributed by atoms with van der Waals surface area (Å²) in [5.41, 5.74) is 1.55. The Morgan fingerprint density at radius 3 is 2.67 bits per heavy atom. The van der Waals surface area contributed by atoms with E-state index in [1.807, 2.05) is 12.1 Å². The minimum Gasteiger partial charge on any atom is -0.311 e. The number of nitrogens with one attached hydrogen (secondary N) is 1. The molecule has 0 amide bonds. The Hall–Kier alpha value is -0.530. The Labute approximate surface area is 116 Å². The van der Waals surface area contributed by atoms with Gasteiger partial charge in [0.25, 0.3) is 0 Å². The quantitative estimate of drug-likeness (QED) is 0.849. The average Bonchev–Trinajstić information content (AvgIpc) is 2.32. The molecule has 0 radical (unpaired) electrons. The van der Waals surface area contributed by atoms with Gasteiger partial charge in [-0.25, -0.2) is 0 Å². The normalized spacial score (nSPS) is 24.4. The van der Waals surface area contributed by atoms with Crippen molar-refractivity contribution in [1.82, 2.24) is 5.32 Å². The van der Waals surface area contributed by atoms with Crippen LogP contribution in [0.1, 0.15) is 45.1 Å². The lowest BCUT2D eigenvalue weighted by atomic mass is 9.77. The minimum absolute atomic E-state index is 0.261. The molecule has 0 spiro atoms. The largest absolute Gasteiger partial charge is 0.311 e. The van der Waals surface area contributed by atoms with Crippen molar-refractivity contribution in [3.8, 4) is 0 Å². The van der Waals surface area contributed by atoms with Gasteiger partial charge in [-0.2, -0.15) is 0 Å². The first-order chi connectivity index (χ1) is 8.61. The summed E-state index contributed by atoms with van der Waals surface area (Å²) in [5, 5.41) is 4.69. The maximum Gasteiger partial charge on any atom is 0.0438 e. The summed E-state index contributed by atoms with van der Waals surface area (Å²) in [7, 11) is 0. The Morgan fingerprint density at radius 2 is 2.06 bits per heavy atom. The van der Waals surface area contributed by atoms with Crippen molar-refractivity contribution in [3.63, 3.8) is 0 Å². The molecule has 0 aliphatic carbocycles. The molecule has 1 heterocycles. The molecule has 0 saturated carbocycles. The van der Waals surface area contributed by atoms with E-state index in [9.17, 15) is 0 Å². The molecule has 1 N–H and O–H groups in total. The highest BCUT2D eigenvalue weighted by atomic mass is 35.5. The highest BCUT2D eigenvalue weighted by Gasteiger charge is 2.32. The van der Waals surface area contributed by atoms with Crippen molar-refractivity contribution in [2.75, 3.05) is 6.54 Å². The lowest BCUT2D eigenvalue weighted by molar-refractivity contribution is 0.210. The number of hydrogen-bond donors (Lipinski definition) is 1. The van der Waals surface area contributed by atoms with Crippen molar-refractivity contribution in [2.45, 2.75) is 51.5 Å². The minimum atomic E-state index is 0.261. The predicted molar refractivity (Wildman–Crippen MR) is 79.2 cm³/mol. The van der Waals surface area contributed by atoms with Gasteiger partial charge in [-0.3, -0.25) is 0 Å². The first-order valence-corrected chi connectivity index (χ1v) is 7.48. The lowest BCUT2D eigenvalue weighted by Crippen LogP contribution is -2.51. The predicted octanol–water partition coefficient (Wildman–Crippen LogP) is 4.44. The molecule has 18 heavy (non-hydrogen) atoms. The summed E-state index contributed by atoms with van der Waals surface area (Å²) in [4.78, 5) is 0. The van der Waals surface area contributed by atoms with Gasteiger partial charge in [-0.15, -0.1) is 0 Å². The monoisotopic (exact) mass is 265 g/mol. The Balaban J connectivity index is 2.17. The van der Waals surface area contributed by atoms with E-state index in [0.29, 0.717) is 0 Å². The van der Waals surface area contributed by atoms with Crippen LogP contribution in [-0.4, -0.2) is 12.1 Å². The van der Waals surface area contributed by atoms with Crippen LogP contribution in [0.15, 0.2) is 24.3 Å². The standard InChI is InChI=1S/C16H24ClN/c1-13(2)11-16(9-5-6-10-18-16)12-14-7-3-4-8-15(14)17/h3-4,7-8,13,18H,5-6,9-12H2,1-2H3. The van der Waals surface area contributed by atoms with Gasteiger partial charge >= 0.3 is 0 Å². The van der Waals surface area contributed by atoms with Crippen LogP contribution in [0, 0.1) is 5.92 Å². The molecule has 0 bridgehead atoms. The molecule has 1 aliphatic heterocycles. The third kappa shape index (κ3) is 3.49. The SMILES string of the molecule is CC(C)CC1(Cc2ccccc2Cl)CCCCN1. The average molecular weight is 266 g/mol. The summed E-state index contributed by atoms with van der Waals surface area (Å²) in [6.07, 6.45) is 6.21. The molecule has 1 aliphatic rings. The third-order valence-electron chi connectivity index (χ3n) is 3.87. The summed E-state index contributed by atoms with van der Waals surface area (Å²) < 4.78 is 0. The second-order valence-corrected chi connectivity index (χ2v) is 6.44. The molecule has 1 fully saturated rings. The van der Waals surface area contributed by atoms with Gasteiger partial charge in [0.1, 0.15) is 0 Å². The molecule has 1 saturated heterocycles. The van der Waals surface area contributed by atoms with Crippen LogP contribution >= 0.6 is 11.6 Å². The number of piperidine rings is 1. The Kier molecular flexibility index (Phi) is 4.69. The second-order valence-electron chi connectivity index (χ2n) is 6.03. The summed E-state index contributed by atoms with van der Waals surface area (Å²) in [6.45, 7) is 5.77. The van der Waals surface area contributed by atoms with Crippen LogP contribution < -0.4 is 5.32 Å². The zero-order valence-corrected chi connectivity index (χ0v) is 12.3. The molecule has 1 nitrogen and oxygen atoms in total. The molecule has 0 aromatic heterocycles. The molecule has 2 rings (SSSR count). The number of rotatable bonds is 4. The maximum absolute atomic E-state index is 6.31. The second kappa shape index (κ2) is 6.08. The van der Waals surface area contributed by atoms with Gasteiger partial charge in [0.2, 0.25) is 0 Å². The first-order valence-electron chi connectivity index (χ1n) is 7.10. The fraction of sp³-hybridized carbons (Fsp3) is 0.625. The van der Waals surface area contributed by atoms with E-state index in [1.54, 1.807) is 0 Å². The molecule has 1 atom stereocenters. The van der Waals surface area contributed by atoms with Crippen molar-refractivity contribution < 1.29 is 0 Å². The maximum atomic E-state index is 6.31. The number of halogens is 1. The van der Waals surface area contributed by atoms with Gasteiger partial charge in [-0.1, -0.05) is 50.1 Å². The van der Waals surface area contributed by atoms with Crippen LogP contribution in [0.2, 0.25) is 5.02 Å². The fourth-order valence-corrected chi connectivity index (χ4v) is 3.42. The van der Waals surface area contributed by atoms with Gasteiger partial charge in [0.15, 0.2) is 0 Å². The summed E-state index contributed by atoms with van der Waals surface area (Å²) in [5.74, 6) is 0.720. The summed E-state index contributed by atoms with van der Waals surface area (Å²) in [6, 6.07) is 8.27. The van der Waals surface area contributed by atoms with Crippen molar-refractivity contribution in [1.29, 1.82) is 0 Å². The number of benzene rings is 1. The molecule has 1 aromatic rings. The molecule has 2 heteroatoms. The van der Waals surface area contributed by atoms with Crippen LogP contribution in [0.25, 0.3) is 0 Å². The summed E-state index contributed by atoms with van der Waals surface area (Å²) >= 11 is 6.31. The van der Waals surface area contributed by atoms with Crippen molar-refractivity contribution in [2.24, 2.45) is 5.92 Å². The van der Waals surface area contributed by atoms with Gasteiger partial charge < -0.3 is 5.32 Å². The van der Waals surface area contributed by atoms with Gasteiger partial charge in [-0.05, 0) is 49.8 Å². The van der Waals surface area contributed by atoms with E-state index in [4.69, 9.17) is 11.6 Å². The van der Waals surface area contributed by atoms with E-state index in [1.165, 1.54) is 31.2 Å². The Bertz CT molecular complexity index is 380. The van der Waals surface area contributed by atoms with E-state index in [-0.39, 0.29) is 5.54 Å². The van der Waals surface area contributed by atoms with E-state index < -0.39 is 0 Å². The highest BCUT2D eigenvalue weighted by molar-refractivity contribution is 6.31. The molecule has 1 aromatic carbocycles. The van der Waals surface area contributed by atoms with Crippen LogP contribution in [0.5, 0.6) is 0 Å². The van der Waals surface area contributed by atoms with E-state index in [2.05, 4.69) is 31.3 Å². The first kappa shape index (κ1) is 13.9. The fourth-order valence-electron chi connectivity index (χ4n) is 3.22. The molecule has 1 unspecified atom stereocenters. The Morgan fingerprint density at radius 1 is 1.28 bits per heavy atom. The van der Waals surface area contributed by atoms with E-state index in [0.717, 1.165) is 23.9 Å². The zero-order valence-electron chi connectivity index (χ0n) is 11.5. The molecular weight excluding hydrogens is 242 g/mol. The van der Waals surface area contributed by atoms with Crippen LogP contribution in [-0.2, 0) is 6.42 Å². The zero-order chi connectivity index (χ0) is 13.0. The number of hydrogen-bond acceptors (Lipinski definition) is 1. The third-order valence-corrected chi connectivity index (χ3v) is 4.24. The van der Waals surface area contributed by atoms with E-state index >= 15 is 0 Å². The van der Waals surface area contributed by atoms with Gasteiger partial charge in [0.05, 0.1) is 0 Å².